The van der Waals surface area contributed by atoms with Crippen LogP contribution in [0.1, 0.15) is 20.8 Å². The first-order valence-corrected chi connectivity index (χ1v) is 2.07. The summed E-state index contributed by atoms with van der Waals surface area (Å²) in [7, 11) is 0. The second-order valence-electron chi connectivity index (χ2n) is 1.25. The van der Waals surface area contributed by atoms with Crippen LogP contribution in [0.4, 0.5) is 0 Å². The zero-order valence-corrected chi connectivity index (χ0v) is 8.57. The van der Waals surface area contributed by atoms with Gasteiger partial charge in [0.1, 0.15) is 0 Å². The first-order chi connectivity index (χ1) is 3.27. The number of hydrogen-bond donors (Lipinski definition) is 0. The Kier molecular flexibility index (Phi) is 30.9. The Morgan fingerprint density at radius 2 is 1.50 bits per heavy atom. The van der Waals surface area contributed by atoms with Crippen molar-refractivity contribution in [2.24, 2.45) is 0 Å². The van der Waals surface area contributed by atoms with Gasteiger partial charge < -0.3 is 11.5 Å². The van der Waals surface area contributed by atoms with Crippen LogP contribution in [0.2, 0.25) is 0 Å². The van der Waals surface area contributed by atoms with E-state index in [-0.39, 0.29) is 32.7 Å². The van der Waals surface area contributed by atoms with Gasteiger partial charge in [-0.15, -0.1) is 0 Å². The summed E-state index contributed by atoms with van der Waals surface area (Å²) in [6.45, 7) is 8.22. The number of rotatable bonds is 0. The minimum Gasteiger partial charge on any atom is -0.817 e. The molecule has 0 aliphatic rings. The summed E-state index contributed by atoms with van der Waals surface area (Å²) < 4.78 is 0. The maximum Gasteiger partial charge on any atom is 0 e. The summed E-state index contributed by atoms with van der Waals surface area (Å²) in [4.78, 5) is 0. The summed E-state index contributed by atoms with van der Waals surface area (Å²) in [6.07, 6.45) is 2.94. The van der Waals surface area contributed by atoms with E-state index < -0.39 is 0 Å². The predicted octanol–water partition coefficient (Wildman–Crippen LogP) is 2.03. The molecule has 2 heteroatoms. The van der Waals surface area contributed by atoms with E-state index in [0.717, 1.165) is 0 Å². The average Bonchev–Trinajstić information content (AvgIpc) is 1.73. The van der Waals surface area contributed by atoms with Gasteiger partial charge in [-0.05, 0) is 0 Å². The SMILES string of the molecule is C=[N-].C[C-]=C(C)C.[Y]. The molecule has 0 fully saturated rings. The molecule has 0 N–H and O–H groups in total. The van der Waals surface area contributed by atoms with Crippen LogP contribution in [0.5, 0.6) is 0 Å². The molecule has 1 nitrogen and oxygen atoms in total. The fourth-order valence-corrected chi connectivity index (χ4v) is 0. The van der Waals surface area contributed by atoms with E-state index in [2.05, 4.69) is 12.8 Å². The molecule has 0 saturated carbocycles. The van der Waals surface area contributed by atoms with E-state index in [1.807, 2.05) is 20.8 Å². The van der Waals surface area contributed by atoms with Crippen molar-refractivity contribution in [1.29, 1.82) is 0 Å². The van der Waals surface area contributed by atoms with Crippen LogP contribution in [-0.2, 0) is 32.7 Å². The van der Waals surface area contributed by atoms with E-state index in [9.17, 15) is 0 Å². The molecule has 0 aliphatic carbocycles. The second kappa shape index (κ2) is 15.6. The minimum absolute atomic E-state index is 0. The Morgan fingerprint density at radius 3 is 1.50 bits per heavy atom. The summed E-state index contributed by atoms with van der Waals surface area (Å²) in [5.41, 5.74) is 1.25. The van der Waals surface area contributed by atoms with Crippen LogP contribution < -0.4 is 0 Å². The van der Waals surface area contributed by atoms with Crippen molar-refractivity contribution in [2.45, 2.75) is 20.8 Å². The Morgan fingerprint density at radius 1 is 1.38 bits per heavy atom. The third-order valence-electron chi connectivity index (χ3n) is 0.500. The number of nitrogens with zero attached hydrogens (tertiary/aromatic N) is 1. The van der Waals surface area contributed by atoms with Gasteiger partial charge in [0.25, 0.3) is 0 Å². The van der Waals surface area contributed by atoms with Crippen molar-refractivity contribution in [3.8, 4) is 0 Å². The van der Waals surface area contributed by atoms with Gasteiger partial charge in [-0.25, -0.2) is 6.72 Å². The Labute approximate surface area is 76.9 Å². The summed E-state index contributed by atoms with van der Waals surface area (Å²) in [5.74, 6) is 0. The van der Waals surface area contributed by atoms with Gasteiger partial charge in [0.05, 0.1) is 0 Å². The standard InChI is InChI=1S/C5H9.CH2N.Y/c1-4-5(2)3;1-2;/h1-3H3;1H2;/q2*-1;. The van der Waals surface area contributed by atoms with Crippen LogP contribution in [0.15, 0.2) is 5.57 Å². The molecule has 0 unspecified atom stereocenters. The third kappa shape index (κ3) is 31.3. The molecule has 45 valence electrons. The quantitative estimate of drug-likeness (QED) is 0.408. The van der Waals surface area contributed by atoms with Gasteiger partial charge in [-0.3, -0.25) is 5.57 Å². The topological polar surface area (TPSA) is 22.3 Å². The molecule has 0 aromatic rings. The van der Waals surface area contributed by atoms with Crippen molar-refractivity contribution in [2.75, 3.05) is 0 Å². The van der Waals surface area contributed by atoms with Gasteiger partial charge in [0.2, 0.25) is 0 Å². The van der Waals surface area contributed by atoms with Crippen molar-refractivity contribution >= 4 is 6.72 Å². The number of hydrogen-bond acceptors (Lipinski definition) is 0. The smallest absolute Gasteiger partial charge is 0 e. The molecule has 0 rings (SSSR count). The third-order valence-corrected chi connectivity index (χ3v) is 0.500. The molecule has 8 heavy (non-hydrogen) atoms. The van der Waals surface area contributed by atoms with Crippen LogP contribution in [0, 0.1) is 6.08 Å². The zero-order valence-electron chi connectivity index (χ0n) is 5.73. The van der Waals surface area contributed by atoms with Gasteiger partial charge in [0, 0.05) is 32.7 Å². The Balaban J connectivity index is -0.0000000750. The van der Waals surface area contributed by atoms with Crippen LogP contribution in [-0.4, -0.2) is 6.72 Å². The zero-order chi connectivity index (χ0) is 6.28. The van der Waals surface area contributed by atoms with Crippen molar-refractivity contribution in [3.05, 3.63) is 17.1 Å². The van der Waals surface area contributed by atoms with Gasteiger partial charge in [-0.1, -0.05) is 13.8 Å². The molecule has 0 aliphatic heterocycles. The maximum atomic E-state index is 6.75. The fraction of sp³-hybridized carbons (Fsp3) is 0.500. The van der Waals surface area contributed by atoms with Gasteiger partial charge in [-0.2, -0.15) is 6.92 Å². The van der Waals surface area contributed by atoms with Crippen molar-refractivity contribution < 1.29 is 32.7 Å². The Hall–Kier alpha value is 0.514. The van der Waals surface area contributed by atoms with Crippen LogP contribution in [0.25, 0.3) is 5.41 Å². The molecule has 0 spiro atoms. The molecule has 0 aromatic heterocycles. The molecule has 0 atom stereocenters. The normalized spacial score (nSPS) is 4.88. The molecule has 1 radical (unpaired) electrons. The Bertz CT molecular complexity index is 55.5. The molecular formula is C6H11NY-2. The first kappa shape index (κ1) is 15.8. The van der Waals surface area contributed by atoms with Gasteiger partial charge in [0.15, 0.2) is 0 Å². The van der Waals surface area contributed by atoms with E-state index in [1.165, 1.54) is 5.57 Å². The molecule has 0 amide bonds. The first-order valence-electron chi connectivity index (χ1n) is 2.07. The number of allylic oxidation sites excluding steroid dienone is 2. The largest absolute Gasteiger partial charge is 0.817 e. The molecule has 0 aromatic carbocycles. The summed E-state index contributed by atoms with van der Waals surface area (Å²) in [6, 6.07) is 0. The van der Waals surface area contributed by atoms with E-state index in [4.69, 9.17) is 5.41 Å². The molecule has 0 bridgehead atoms. The van der Waals surface area contributed by atoms with Crippen molar-refractivity contribution in [3.63, 3.8) is 0 Å². The van der Waals surface area contributed by atoms with E-state index in [0.29, 0.717) is 0 Å². The molecule has 0 saturated heterocycles. The monoisotopic (exact) mass is 186 g/mol. The predicted molar refractivity (Wildman–Crippen MR) is 34.3 cm³/mol. The van der Waals surface area contributed by atoms with E-state index in [1.54, 1.807) is 0 Å². The fourth-order valence-electron chi connectivity index (χ4n) is 0. The maximum absolute atomic E-state index is 6.75. The summed E-state index contributed by atoms with van der Waals surface area (Å²) in [5, 5.41) is 6.75. The average molecular weight is 186 g/mol. The summed E-state index contributed by atoms with van der Waals surface area (Å²) >= 11 is 0. The van der Waals surface area contributed by atoms with Gasteiger partial charge >= 0.3 is 0 Å². The molecule has 0 heterocycles. The van der Waals surface area contributed by atoms with E-state index >= 15 is 0 Å². The second-order valence-corrected chi connectivity index (χ2v) is 1.25. The van der Waals surface area contributed by atoms with Crippen LogP contribution in [0.3, 0.4) is 0 Å². The molecular weight excluding hydrogens is 175 g/mol. The minimum atomic E-state index is 0. The van der Waals surface area contributed by atoms with Crippen molar-refractivity contribution in [1.82, 2.24) is 0 Å². The van der Waals surface area contributed by atoms with Crippen LogP contribution >= 0.6 is 0 Å².